The van der Waals surface area contributed by atoms with Crippen molar-refractivity contribution < 1.29 is 13.9 Å². The molecule has 6 heteroatoms. The van der Waals surface area contributed by atoms with Crippen molar-refractivity contribution in [3.8, 4) is 22.8 Å². The van der Waals surface area contributed by atoms with E-state index in [1.54, 1.807) is 19.4 Å². The number of carbonyl (C=O) groups excluding carboxylic acids is 1. The van der Waals surface area contributed by atoms with Gasteiger partial charge >= 0.3 is 0 Å². The van der Waals surface area contributed by atoms with Gasteiger partial charge in [0.2, 0.25) is 5.89 Å². The van der Waals surface area contributed by atoms with Crippen LogP contribution in [0, 0.1) is 0 Å². The van der Waals surface area contributed by atoms with Crippen molar-refractivity contribution in [1.82, 2.24) is 10.3 Å². The number of ether oxygens (including phenoxy) is 1. The van der Waals surface area contributed by atoms with Crippen LogP contribution in [0.3, 0.4) is 0 Å². The second kappa shape index (κ2) is 8.29. The molecule has 1 atom stereocenters. The zero-order valence-electron chi connectivity index (χ0n) is 14.5. The van der Waals surface area contributed by atoms with E-state index in [9.17, 15) is 4.79 Å². The fourth-order valence-corrected chi connectivity index (χ4v) is 2.87. The average Bonchev–Trinajstić information content (AvgIpc) is 3.12. The van der Waals surface area contributed by atoms with Crippen molar-refractivity contribution in [1.29, 1.82) is 0 Å². The van der Waals surface area contributed by atoms with E-state index in [-0.39, 0.29) is 11.9 Å². The normalized spacial score (nSPS) is 12.0. The molecule has 1 amide bonds. The van der Waals surface area contributed by atoms with Gasteiger partial charge in [0.25, 0.3) is 5.91 Å². The highest BCUT2D eigenvalue weighted by Crippen LogP contribution is 2.29. The number of halogens is 1. The molecule has 0 saturated carbocycles. The summed E-state index contributed by atoms with van der Waals surface area (Å²) in [6.45, 7) is 2.33. The summed E-state index contributed by atoms with van der Waals surface area (Å²) in [7, 11) is 1.60. The molecular formula is C20H19BrN2O3. The van der Waals surface area contributed by atoms with Gasteiger partial charge in [0.05, 0.1) is 18.4 Å². The number of hydrogen-bond donors (Lipinski definition) is 1. The zero-order valence-corrected chi connectivity index (χ0v) is 16.1. The Morgan fingerprint density at radius 2 is 1.96 bits per heavy atom. The van der Waals surface area contributed by atoms with Gasteiger partial charge in [-0.3, -0.25) is 4.79 Å². The van der Waals surface area contributed by atoms with E-state index in [0.717, 1.165) is 10.0 Å². The summed E-state index contributed by atoms with van der Waals surface area (Å²) in [5, 5.41) is 2.91. The number of aromatic nitrogens is 1. The van der Waals surface area contributed by atoms with Gasteiger partial charge in [0, 0.05) is 28.8 Å². The van der Waals surface area contributed by atoms with Crippen LogP contribution >= 0.6 is 15.9 Å². The number of oxazole rings is 1. The monoisotopic (exact) mass is 414 g/mol. The predicted octanol–water partition coefficient (Wildman–Crippen LogP) is 4.54. The average molecular weight is 415 g/mol. The molecule has 5 nitrogen and oxygen atoms in total. The Hall–Kier alpha value is -2.44. The van der Waals surface area contributed by atoms with Crippen molar-refractivity contribution in [2.24, 2.45) is 0 Å². The Balaban J connectivity index is 1.88. The fourth-order valence-electron chi connectivity index (χ4n) is 2.61. The van der Waals surface area contributed by atoms with E-state index in [1.165, 1.54) is 0 Å². The minimum absolute atomic E-state index is 0.0940. The largest absolute Gasteiger partial charge is 0.436 e. The van der Waals surface area contributed by atoms with Crippen LogP contribution < -0.4 is 5.32 Å². The molecule has 0 fully saturated rings. The second-order valence-corrected chi connectivity index (χ2v) is 6.83. The summed E-state index contributed by atoms with van der Waals surface area (Å²) in [6.07, 6.45) is 1.67. The molecule has 0 saturated heterocycles. The highest BCUT2D eigenvalue weighted by molar-refractivity contribution is 9.10. The van der Waals surface area contributed by atoms with E-state index in [1.807, 2.05) is 49.4 Å². The van der Waals surface area contributed by atoms with Gasteiger partial charge in [-0.25, -0.2) is 4.98 Å². The van der Waals surface area contributed by atoms with Gasteiger partial charge in [-0.2, -0.15) is 0 Å². The molecule has 0 bridgehead atoms. The van der Waals surface area contributed by atoms with Crippen LogP contribution in [0.5, 0.6) is 0 Å². The molecule has 134 valence electrons. The number of methoxy groups -OCH3 is 1. The number of hydrogen-bond acceptors (Lipinski definition) is 4. The van der Waals surface area contributed by atoms with Gasteiger partial charge < -0.3 is 14.5 Å². The minimum Gasteiger partial charge on any atom is -0.436 e. The number of rotatable bonds is 6. The maximum Gasteiger partial charge on any atom is 0.252 e. The molecule has 3 aromatic rings. The first-order valence-corrected chi connectivity index (χ1v) is 8.98. The summed E-state index contributed by atoms with van der Waals surface area (Å²) in [5.74, 6) is 0.872. The van der Waals surface area contributed by atoms with Crippen LogP contribution in [0.25, 0.3) is 22.8 Å². The van der Waals surface area contributed by atoms with E-state index >= 15 is 0 Å². The first kappa shape index (κ1) is 18.4. The van der Waals surface area contributed by atoms with Gasteiger partial charge in [-0.15, -0.1) is 0 Å². The molecular weight excluding hydrogens is 396 g/mol. The van der Waals surface area contributed by atoms with Crippen LogP contribution in [0.1, 0.15) is 17.3 Å². The fraction of sp³-hybridized carbons (Fsp3) is 0.200. The highest BCUT2D eigenvalue weighted by atomic mass is 79.9. The number of nitrogens with one attached hydrogen (secondary N) is 1. The third-order valence-electron chi connectivity index (χ3n) is 3.83. The molecule has 1 heterocycles. The highest BCUT2D eigenvalue weighted by Gasteiger charge is 2.18. The van der Waals surface area contributed by atoms with Crippen LogP contribution in [-0.4, -0.2) is 30.6 Å². The lowest BCUT2D eigenvalue weighted by Gasteiger charge is -2.14. The minimum atomic E-state index is -0.187. The number of carbonyl (C=O) groups is 1. The molecule has 0 spiro atoms. The molecule has 0 unspecified atom stereocenters. The summed E-state index contributed by atoms with van der Waals surface area (Å²) in [6, 6.07) is 14.9. The Morgan fingerprint density at radius 3 is 2.69 bits per heavy atom. The van der Waals surface area contributed by atoms with Crippen LogP contribution in [0.4, 0.5) is 0 Å². The SMILES string of the molecule is COC[C@H](C)NC(=O)c1ccccc1-c1ncc(-c2ccc(Br)cc2)o1. The summed E-state index contributed by atoms with van der Waals surface area (Å²) >= 11 is 3.42. The van der Waals surface area contributed by atoms with Crippen molar-refractivity contribution in [3.63, 3.8) is 0 Å². The zero-order chi connectivity index (χ0) is 18.5. The van der Waals surface area contributed by atoms with E-state index < -0.39 is 0 Å². The predicted molar refractivity (Wildman–Crippen MR) is 104 cm³/mol. The van der Waals surface area contributed by atoms with Crippen LogP contribution in [-0.2, 0) is 4.74 Å². The Labute approximate surface area is 160 Å². The lowest BCUT2D eigenvalue weighted by atomic mass is 10.1. The Kier molecular flexibility index (Phi) is 5.85. The molecule has 1 N–H and O–H groups in total. The van der Waals surface area contributed by atoms with Crippen molar-refractivity contribution in [2.45, 2.75) is 13.0 Å². The Bertz CT molecular complexity index is 890. The molecule has 3 rings (SSSR count). The summed E-state index contributed by atoms with van der Waals surface area (Å²) < 4.78 is 12.0. The third kappa shape index (κ3) is 4.20. The van der Waals surface area contributed by atoms with Crippen LogP contribution in [0.15, 0.2) is 63.6 Å². The smallest absolute Gasteiger partial charge is 0.252 e. The van der Waals surface area contributed by atoms with Gasteiger partial charge in [0.1, 0.15) is 0 Å². The lowest BCUT2D eigenvalue weighted by Crippen LogP contribution is -2.35. The summed E-state index contributed by atoms with van der Waals surface area (Å²) in [4.78, 5) is 17.0. The maximum atomic E-state index is 12.6. The molecule has 0 aliphatic rings. The maximum absolute atomic E-state index is 12.6. The number of benzene rings is 2. The standard InChI is InChI=1S/C20H19BrN2O3/c1-13(12-25-2)23-19(24)16-5-3-4-6-17(16)20-22-11-18(26-20)14-7-9-15(21)10-8-14/h3-11,13H,12H2,1-2H3,(H,23,24)/t13-/m0/s1. The van der Waals surface area contributed by atoms with Gasteiger partial charge in [-0.05, 0) is 31.2 Å². The second-order valence-electron chi connectivity index (χ2n) is 5.91. The van der Waals surface area contributed by atoms with E-state index in [2.05, 4.69) is 26.2 Å². The van der Waals surface area contributed by atoms with Gasteiger partial charge in [0.15, 0.2) is 5.76 Å². The van der Waals surface area contributed by atoms with Crippen molar-refractivity contribution in [3.05, 3.63) is 64.8 Å². The molecule has 0 aliphatic carbocycles. The third-order valence-corrected chi connectivity index (χ3v) is 4.36. The molecule has 2 aromatic carbocycles. The number of amides is 1. The van der Waals surface area contributed by atoms with Crippen molar-refractivity contribution in [2.75, 3.05) is 13.7 Å². The summed E-state index contributed by atoms with van der Waals surface area (Å²) in [5.41, 5.74) is 2.08. The topological polar surface area (TPSA) is 64.4 Å². The quantitative estimate of drug-likeness (QED) is 0.642. The van der Waals surface area contributed by atoms with Crippen LogP contribution in [0.2, 0.25) is 0 Å². The lowest BCUT2D eigenvalue weighted by molar-refractivity contribution is 0.0906. The number of nitrogens with zero attached hydrogens (tertiary/aromatic N) is 1. The van der Waals surface area contributed by atoms with Crippen molar-refractivity contribution >= 4 is 21.8 Å². The Morgan fingerprint density at radius 1 is 1.23 bits per heavy atom. The van der Waals surface area contributed by atoms with E-state index in [4.69, 9.17) is 9.15 Å². The van der Waals surface area contributed by atoms with E-state index in [0.29, 0.717) is 29.4 Å². The first-order valence-electron chi connectivity index (χ1n) is 8.19. The molecule has 1 aromatic heterocycles. The molecule has 0 radical (unpaired) electrons. The first-order chi connectivity index (χ1) is 12.6. The van der Waals surface area contributed by atoms with Gasteiger partial charge in [-0.1, -0.05) is 40.2 Å². The molecule has 26 heavy (non-hydrogen) atoms. The molecule has 0 aliphatic heterocycles.